The fourth-order valence-corrected chi connectivity index (χ4v) is 2.28. The van der Waals surface area contributed by atoms with E-state index < -0.39 is 23.8 Å². The third-order valence-electron chi connectivity index (χ3n) is 3.49. The van der Waals surface area contributed by atoms with E-state index in [4.69, 9.17) is 9.47 Å². The summed E-state index contributed by atoms with van der Waals surface area (Å²) < 4.78 is 10.5. The van der Waals surface area contributed by atoms with Crippen LogP contribution in [0.2, 0.25) is 0 Å². The summed E-state index contributed by atoms with van der Waals surface area (Å²) in [6, 6.07) is -1.34. The molecule has 0 saturated carbocycles. The van der Waals surface area contributed by atoms with Crippen molar-refractivity contribution in [2.75, 3.05) is 13.2 Å². The Kier molecular flexibility index (Phi) is 7.44. The van der Waals surface area contributed by atoms with Gasteiger partial charge in [-0.3, -0.25) is 14.6 Å². The largest absolute Gasteiger partial charge is 0.464 e. The Balaban J connectivity index is 2.56. The number of nitrogens with one attached hydrogen (secondary N) is 2. The van der Waals surface area contributed by atoms with Crippen molar-refractivity contribution < 1.29 is 23.9 Å². The molecule has 8 heteroatoms. The molecular formula is C18H33N3O5. The molecule has 0 aromatic rings. The monoisotopic (exact) mass is 371 g/mol. The number of hydrazine groups is 1. The second-order valence-electron chi connectivity index (χ2n) is 8.85. The zero-order valence-electron chi connectivity index (χ0n) is 17.0. The molecule has 0 bridgehead atoms. The van der Waals surface area contributed by atoms with E-state index in [1.165, 1.54) is 5.01 Å². The molecule has 150 valence electrons. The molecule has 8 nitrogen and oxygen atoms in total. The Hall–Kier alpha value is -1.83. The normalized spacial score (nSPS) is 19.5. The van der Waals surface area contributed by atoms with Crippen molar-refractivity contribution >= 4 is 18.0 Å². The lowest BCUT2D eigenvalue weighted by molar-refractivity contribution is -0.154. The van der Waals surface area contributed by atoms with Crippen molar-refractivity contribution in [1.82, 2.24) is 15.8 Å². The number of rotatable bonds is 4. The molecule has 0 aromatic heterocycles. The highest BCUT2D eigenvalue weighted by Gasteiger charge is 2.32. The minimum atomic E-state index is -0.776. The van der Waals surface area contributed by atoms with Gasteiger partial charge in [0.15, 0.2) is 0 Å². The Labute approximate surface area is 155 Å². The van der Waals surface area contributed by atoms with E-state index in [-0.39, 0.29) is 17.3 Å². The van der Waals surface area contributed by atoms with Crippen molar-refractivity contribution in [2.24, 2.45) is 5.41 Å². The van der Waals surface area contributed by atoms with Gasteiger partial charge in [-0.05, 0) is 46.0 Å². The predicted molar refractivity (Wildman–Crippen MR) is 97.1 cm³/mol. The van der Waals surface area contributed by atoms with Gasteiger partial charge >= 0.3 is 12.1 Å². The van der Waals surface area contributed by atoms with E-state index >= 15 is 0 Å². The van der Waals surface area contributed by atoms with Crippen molar-refractivity contribution in [3.63, 3.8) is 0 Å². The summed E-state index contributed by atoms with van der Waals surface area (Å²) in [5.41, 5.74) is 2.15. The number of hydrogen-bond donors (Lipinski definition) is 2. The van der Waals surface area contributed by atoms with Gasteiger partial charge in [0.2, 0.25) is 0 Å². The summed E-state index contributed by atoms with van der Waals surface area (Å²) in [4.78, 5) is 36.5. The number of carbonyl (C=O) groups is 3. The lowest BCUT2D eigenvalue weighted by Crippen LogP contribution is -2.59. The number of alkyl carbamates (subject to hydrolysis) is 1. The molecule has 0 unspecified atom stereocenters. The maximum atomic E-state index is 12.5. The first-order valence-corrected chi connectivity index (χ1v) is 9.02. The number of esters is 1. The average molecular weight is 371 g/mol. The van der Waals surface area contributed by atoms with Gasteiger partial charge in [0.1, 0.15) is 17.7 Å². The van der Waals surface area contributed by atoms with E-state index in [2.05, 4.69) is 10.7 Å². The lowest BCUT2D eigenvalue weighted by atomic mass is 9.98. The molecule has 0 spiro atoms. The zero-order valence-corrected chi connectivity index (χ0v) is 17.0. The Morgan fingerprint density at radius 3 is 2.35 bits per heavy atom. The molecule has 1 rings (SSSR count). The second-order valence-corrected chi connectivity index (χ2v) is 8.85. The van der Waals surface area contributed by atoms with E-state index in [0.29, 0.717) is 26.0 Å². The molecule has 1 aliphatic heterocycles. The van der Waals surface area contributed by atoms with Gasteiger partial charge in [-0.15, -0.1) is 0 Å². The standard InChI is InChI=1S/C18H33N3O5/c1-12(19-16(24)26-18(5,6)7)14(22)21-10-8-9-13(20-21)15(23)25-11-17(2,3)4/h12-13,20H,8-11H2,1-7H3,(H,19,24)/t12-,13-/m0/s1. The van der Waals surface area contributed by atoms with Crippen LogP contribution in [0.5, 0.6) is 0 Å². The van der Waals surface area contributed by atoms with Crippen LogP contribution in [0, 0.1) is 5.41 Å². The minimum Gasteiger partial charge on any atom is -0.464 e. The molecule has 0 aromatic carbocycles. The van der Waals surface area contributed by atoms with E-state index in [9.17, 15) is 14.4 Å². The van der Waals surface area contributed by atoms with Crippen LogP contribution >= 0.6 is 0 Å². The quantitative estimate of drug-likeness (QED) is 0.734. The predicted octanol–water partition coefficient (Wildman–Crippen LogP) is 1.98. The van der Waals surface area contributed by atoms with Crippen molar-refractivity contribution in [1.29, 1.82) is 0 Å². The molecule has 2 amide bonds. The van der Waals surface area contributed by atoms with Crippen molar-refractivity contribution in [3.8, 4) is 0 Å². The topological polar surface area (TPSA) is 97.0 Å². The van der Waals surface area contributed by atoms with Gasteiger partial charge in [0.05, 0.1) is 6.61 Å². The summed E-state index contributed by atoms with van der Waals surface area (Å²) >= 11 is 0. The lowest BCUT2D eigenvalue weighted by Gasteiger charge is -2.34. The third kappa shape index (κ3) is 8.03. The number of amides is 2. The molecule has 26 heavy (non-hydrogen) atoms. The average Bonchev–Trinajstić information content (AvgIpc) is 2.49. The molecule has 0 radical (unpaired) electrons. The van der Waals surface area contributed by atoms with Crippen LogP contribution in [0.3, 0.4) is 0 Å². The van der Waals surface area contributed by atoms with Crippen LogP contribution in [0.4, 0.5) is 4.79 Å². The van der Waals surface area contributed by atoms with E-state index in [1.54, 1.807) is 27.7 Å². The SMILES string of the molecule is C[C@H](NC(=O)OC(C)(C)C)C(=O)N1CCC[C@@H](C(=O)OCC(C)(C)C)N1. The summed E-state index contributed by atoms with van der Waals surface area (Å²) in [5.74, 6) is -0.700. The minimum absolute atomic E-state index is 0.119. The Bertz CT molecular complexity index is 522. The van der Waals surface area contributed by atoms with Gasteiger partial charge in [0, 0.05) is 6.54 Å². The molecule has 1 saturated heterocycles. The fourth-order valence-electron chi connectivity index (χ4n) is 2.28. The Morgan fingerprint density at radius 2 is 1.81 bits per heavy atom. The molecule has 2 N–H and O–H groups in total. The first-order valence-electron chi connectivity index (χ1n) is 9.02. The maximum Gasteiger partial charge on any atom is 0.408 e. The molecule has 0 aliphatic carbocycles. The number of hydrogen-bond acceptors (Lipinski definition) is 6. The highest BCUT2D eigenvalue weighted by Crippen LogP contribution is 2.15. The fraction of sp³-hybridized carbons (Fsp3) is 0.833. The van der Waals surface area contributed by atoms with Gasteiger partial charge in [-0.25, -0.2) is 10.2 Å². The highest BCUT2D eigenvalue weighted by atomic mass is 16.6. The van der Waals surface area contributed by atoms with Crippen molar-refractivity contribution in [2.45, 2.75) is 79.0 Å². The molecule has 1 fully saturated rings. The maximum absolute atomic E-state index is 12.5. The smallest absolute Gasteiger partial charge is 0.408 e. The van der Waals surface area contributed by atoms with Crippen LogP contribution in [-0.2, 0) is 19.1 Å². The van der Waals surface area contributed by atoms with Crippen molar-refractivity contribution in [3.05, 3.63) is 0 Å². The zero-order chi connectivity index (χ0) is 20.1. The third-order valence-corrected chi connectivity index (χ3v) is 3.49. The Morgan fingerprint density at radius 1 is 1.19 bits per heavy atom. The number of nitrogens with zero attached hydrogens (tertiary/aromatic N) is 1. The molecule has 1 aliphatic rings. The van der Waals surface area contributed by atoms with Crippen LogP contribution < -0.4 is 10.7 Å². The van der Waals surface area contributed by atoms with Gasteiger partial charge < -0.3 is 14.8 Å². The van der Waals surface area contributed by atoms with Crippen LogP contribution in [0.1, 0.15) is 61.3 Å². The van der Waals surface area contributed by atoms with Gasteiger partial charge in [0.25, 0.3) is 5.91 Å². The first-order chi connectivity index (χ1) is 11.8. The summed E-state index contributed by atoms with van der Waals surface area (Å²) in [7, 11) is 0. The molecule has 1 heterocycles. The first kappa shape index (κ1) is 22.2. The van der Waals surface area contributed by atoms with Crippen LogP contribution in [0.25, 0.3) is 0 Å². The van der Waals surface area contributed by atoms with E-state index in [0.717, 1.165) is 0 Å². The van der Waals surface area contributed by atoms with Gasteiger partial charge in [-0.2, -0.15) is 0 Å². The summed E-state index contributed by atoms with van der Waals surface area (Å²) in [6.07, 6.45) is 0.616. The highest BCUT2D eigenvalue weighted by molar-refractivity contribution is 5.85. The molecular weight excluding hydrogens is 338 g/mol. The summed E-state index contributed by atoms with van der Waals surface area (Å²) in [6.45, 7) is 13.5. The second kappa shape index (κ2) is 8.70. The summed E-state index contributed by atoms with van der Waals surface area (Å²) in [5, 5.41) is 3.88. The number of ether oxygens (including phenoxy) is 2. The van der Waals surface area contributed by atoms with Crippen LogP contribution in [0.15, 0.2) is 0 Å². The molecule has 2 atom stereocenters. The van der Waals surface area contributed by atoms with Crippen LogP contribution in [-0.4, -0.2) is 53.8 Å². The van der Waals surface area contributed by atoms with E-state index in [1.807, 2.05) is 20.8 Å². The van der Waals surface area contributed by atoms with Gasteiger partial charge in [-0.1, -0.05) is 20.8 Å². The number of carbonyl (C=O) groups excluding carboxylic acids is 3.